The predicted octanol–water partition coefficient (Wildman–Crippen LogP) is 2.27. The van der Waals surface area contributed by atoms with Crippen molar-refractivity contribution >= 4 is 5.91 Å². The zero-order valence-corrected chi connectivity index (χ0v) is 12.1. The molecule has 1 N–H and O–H groups in total. The first-order chi connectivity index (χ1) is 10.8. The Morgan fingerprint density at radius 1 is 1.23 bits per heavy atom. The van der Waals surface area contributed by atoms with Crippen LogP contribution < -0.4 is 10.1 Å². The molecule has 0 bridgehead atoms. The first-order valence-electron chi connectivity index (χ1n) is 7.64. The topological polar surface area (TPSA) is 77.2 Å². The van der Waals surface area contributed by atoms with Crippen LogP contribution in [0.1, 0.15) is 37.5 Å². The van der Waals surface area contributed by atoms with Crippen molar-refractivity contribution in [3.8, 4) is 17.1 Å². The van der Waals surface area contributed by atoms with Crippen molar-refractivity contribution in [2.24, 2.45) is 0 Å². The molecule has 0 saturated heterocycles. The third kappa shape index (κ3) is 3.10. The van der Waals surface area contributed by atoms with E-state index in [-0.39, 0.29) is 12.5 Å². The summed E-state index contributed by atoms with van der Waals surface area (Å²) in [7, 11) is 0. The lowest BCUT2D eigenvalue weighted by Gasteiger charge is -2.06. The van der Waals surface area contributed by atoms with E-state index in [1.165, 1.54) is 0 Å². The number of carbonyl (C=O) groups is 1. The van der Waals surface area contributed by atoms with Crippen LogP contribution in [0.4, 0.5) is 0 Å². The highest BCUT2D eigenvalue weighted by Gasteiger charge is 2.29. The fraction of sp³-hybridized carbons (Fsp3) is 0.438. The van der Waals surface area contributed by atoms with Crippen LogP contribution in [0.25, 0.3) is 11.4 Å². The number of hydrogen-bond acceptors (Lipinski definition) is 5. The van der Waals surface area contributed by atoms with Crippen molar-refractivity contribution in [1.82, 2.24) is 15.5 Å². The molecule has 6 nitrogen and oxygen atoms in total. The maximum atomic E-state index is 11.6. The molecule has 22 heavy (non-hydrogen) atoms. The third-order valence-corrected chi connectivity index (χ3v) is 3.79. The molecule has 1 amide bonds. The molecule has 1 aromatic heterocycles. The van der Waals surface area contributed by atoms with Gasteiger partial charge in [0, 0.05) is 17.5 Å². The van der Waals surface area contributed by atoms with Crippen LogP contribution in [-0.4, -0.2) is 28.7 Å². The van der Waals surface area contributed by atoms with Crippen molar-refractivity contribution in [3.63, 3.8) is 0 Å². The molecule has 0 aliphatic heterocycles. The van der Waals surface area contributed by atoms with E-state index in [1.54, 1.807) is 0 Å². The number of carbonyl (C=O) groups excluding carboxylic acids is 1. The van der Waals surface area contributed by atoms with Gasteiger partial charge < -0.3 is 14.6 Å². The van der Waals surface area contributed by atoms with Crippen molar-refractivity contribution in [2.45, 2.75) is 37.6 Å². The minimum Gasteiger partial charge on any atom is -0.484 e. The van der Waals surface area contributed by atoms with Gasteiger partial charge in [0.2, 0.25) is 11.7 Å². The largest absolute Gasteiger partial charge is 0.484 e. The average molecular weight is 299 g/mol. The Balaban J connectivity index is 1.35. The van der Waals surface area contributed by atoms with Gasteiger partial charge in [-0.15, -0.1) is 0 Å². The predicted molar refractivity (Wildman–Crippen MR) is 78.4 cm³/mol. The second-order valence-electron chi connectivity index (χ2n) is 5.89. The number of rotatable bonds is 6. The minimum atomic E-state index is -0.0705. The van der Waals surface area contributed by atoms with Crippen LogP contribution in [0, 0.1) is 0 Å². The lowest BCUT2D eigenvalue weighted by Crippen LogP contribution is -2.30. The first-order valence-corrected chi connectivity index (χ1v) is 7.64. The highest BCUT2D eigenvalue weighted by molar-refractivity contribution is 5.78. The number of aromatic nitrogens is 2. The zero-order chi connectivity index (χ0) is 14.9. The highest BCUT2D eigenvalue weighted by atomic mass is 16.5. The SMILES string of the molecule is O=C(COc1ccc(-c2noc(C3CC3)n2)cc1)NC1CC1. The van der Waals surface area contributed by atoms with E-state index in [2.05, 4.69) is 15.5 Å². The van der Waals surface area contributed by atoms with Crippen molar-refractivity contribution in [1.29, 1.82) is 0 Å². The third-order valence-electron chi connectivity index (χ3n) is 3.79. The number of hydrogen-bond donors (Lipinski definition) is 1. The molecule has 1 heterocycles. The van der Waals surface area contributed by atoms with E-state index < -0.39 is 0 Å². The van der Waals surface area contributed by atoms with Gasteiger partial charge in [0.15, 0.2) is 6.61 Å². The number of ether oxygens (including phenoxy) is 1. The van der Waals surface area contributed by atoms with Gasteiger partial charge in [0.1, 0.15) is 5.75 Å². The molecule has 114 valence electrons. The maximum absolute atomic E-state index is 11.6. The maximum Gasteiger partial charge on any atom is 0.258 e. The fourth-order valence-corrected chi connectivity index (χ4v) is 2.19. The summed E-state index contributed by atoms with van der Waals surface area (Å²) >= 11 is 0. The van der Waals surface area contributed by atoms with Crippen LogP contribution >= 0.6 is 0 Å². The molecule has 0 unspecified atom stereocenters. The average Bonchev–Trinajstić information content (AvgIpc) is 3.47. The second-order valence-corrected chi connectivity index (χ2v) is 5.89. The molecule has 2 aromatic rings. The molecule has 4 rings (SSSR count). The molecule has 0 spiro atoms. The summed E-state index contributed by atoms with van der Waals surface area (Å²) in [6.45, 7) is 0.0455. The molecule has 2 aliphatic carbocycles. The molecular formula is C16H17N3O3. The zero-order valence-electron chi connectivity index (χ0n) is 12.1. The van der Waals surface area contributed by atoms with E-state index in [4.69, 9.17) is 9.26 Å². The monoisotopic (exact) mass is 299 g/mol. The van der Waals surface area contributed by atoms with E-state index in [9.17, 15) is 4.79 Å². The Morgan fingerprint density at radius 2 is 2.00 bits per heavy atom. The van der Waals surface area contributed by atoms with Gasteiger partial charge in [-0.2, -0.15) is 4.98 Å². The van der Waals surface area contributed by atoms with Crippen LogP contribution in [0.2, 0.25) is 0 Å². The molecule has 6 heteroatoms. The summed E-state index contributed by atoms with van der Waals surface area (Å²) in [6.07, 6.45) is 4.43. The lowest BCUT2D eigenvalue weighted by molar-refractivity contribution is -0.123. The van der Waals surface area contributed by atoms with E-state index >= 15 is 0 Å². The Morgan fingerprint density at radius 3 is 2.68 bits per heavy atom. The van der Waals surface area contributed by atoms with Crippen LogP contribution in [-0.2, 0) is 4.79 Å². The van der Waals surface area contributed by atoms with Crippen LogP contribution in [0.5, 0.6) is 5.75 Å². The quantitative estimate of drug-likeness (QED) is 0.885. The molecular weight excluding hydrogens is 282 g/mol. The second kappa shape index (κ2) is 5.44. The molecule has 1 aromatic carbocycles. The lowest BCUT2D eigenvalue weighted by atomic mass is 10.2. The number of nitrogens with one attached hydrogen (secondary N) is 1. The molecule has 2 aliphatic rings. The van der Waals surface area contributed by atoms with E-state index in [0.29, 0.717) is 23.5 Å². The van der Waals surface area contributed by atoms with Crippen molar-refractivity contribution in [2.75, 3.05) is 6.61 Å². The summed E-state index contributed by atoms with van der Waals surface area (Å²) < 4.78 is 10.7. The standard InChI is InChI=1S/C16H17N3O3/c20-14(17-12-5-6-12)9-21-13-7-3-10(4-8-13)15-18-16(22-19-15)11-1-2-11/h3-4,7-8,11-12H,1-2,5-6,9H2,(H,17,20). The first kappa shape index (κ1) is 13.3. The molecule has 2 saturated carbocycles. The number of amides is 1. The number of nitrogens with zero attached hydrogens (tertiary/aromatic N) is 2. The van der Waals surface area contributed by atoms with Crippen LogP contribution in [0.15, 0.2) is 28.8 Å². The summed E-state index contributed by atoms with van der Waals surface area (Å²) in [4.78, 5) is 16.0. The van der Waals surface area contributed by atoms with E-state index in [1.807, 2.05) is 24.3 Å². The summed E-state index contributed by atoms with van der Waals surface area (Å²) in [6, 6.07) is 7.72. The molecule has 2 fully saturated rings. The summed E-state index contributed by atoms with van der Waals surface area (Å²) in [5.74, 6) is 2.36. The smallest absolute Gasteiger partial charge is 0.258 e. The molecule has 0 atom stereocenters. The van der Waals surface area contributed by atoms with Gasteiger partial charge in [-0.1, -0.05) is 5.16 Å². The van der Waals surface area contributed by atoms with Gasteiger partial charge in [-0.3, -0.25) is 4.79 Å². The Labute approximate surface area is 127 Å². The van der Waals surface area contributed by atoms with Crippen LogP contribution in [0.3, 0.4) is 0 Å². The normalized spacial score (nSPS) is 17.3. The Bertz CT molecular complexity index is 672. The van der Waals surface area contributed by atoms with E-state index in [0.717, 1.165) is 37.1 Å². The highest BCUT2D eigenvalue weighted by Crippen LogP contribution is 2.39. The minimum absolute atomic E-state index is 0.0455. The molecule has 0 radical (unpaired) electrons. The fourth-order valence-electron chi connectivity index (χ4n) is 2.19. The van der Waals surface area contributed by atoms with Crippen molar-refractivity contribution < 1.29 is 14.1 Å². The summed E-state index contributed by atoms with van der Waals surface area (Å²) in [5, 5.41) is 6.88. The van der Waals surface area contributed by atoms with Gasteiger partial charge >= 0.3 is 0 Å². The van der Waals surface area contributed by atoms with Gasteiger partial charge in [-0.25, -0.2) is 0 Å². The van der Waals surface area contributed by atoms with Gasteiger partial charge in [0.25, 0.3) is 5.91 Å². The Kier molecular flexibility index (Phi) is 3.29. The van der Waals surface area contributed by atoms with Gasteiger partial charge in [-0.05, 0) is 49.9 Å². The van der Waals surface area contributed by atoms with Gasteiger partial charge in [0.05, 0.1) is 0 Å². The Hall–Kier alpha value is -2.37. The number of benzene rings is 1. The summed E-state index contributed by atoms with van der Waals surface area (Å²) in [5.41, 5.74) is 0.880. The van der Waals surface area contributed by atoms with Crippen molar-refractivity contribution in [3.05, 3.63) is 30.2 Å².